The first-order chi connectivity index (χ1) is 13.1. The maximum Gasteiger partial charge on any atom is 0.270 e. The first-order valence-corrected chi connectivity index (χ1v) is 8.61. The minimum Gasteiger partial charge on any atom is -0.298 e. The molecule has 132 valence electrons. The van der Waals surface area contributed by atoms with Gasteiger partial charge in [-0.15, -0.1) is 0 Å². The lowest BCUT2D eigenvalue weighted by Crippen LogP contribution is -2.54. The number of carbonyl (C=O) groups excluding carboxylic acids is 2. The van der Waals surface area contributed by atoms with Crippen LogP contribution in [0.15, 0.2) is 72.3 Å². The molecule has 3 aromatic carbocycles. The first-order valence-electron chi connectivity index (χ1n) is 8.20. The van der Waals surface area contributed by atoms with Gasteiger partial charge in [-0.2, -0.15) is 0 Å². The number of para-hydroxylation sites is 1. The zero-order valence-electron chi connectivity index (χ0n) is 14.0. The topological polar surface area (TPSA) is 49.4 Å². The minimum atomic E-state index is -0.665. The standard InChI is InChI=1S/C21H13FN2O2S/c22-17-10-3-4-11-18(17)24-20(26)16(19(25)23-21(24)27)12-14-8-5-7-13-6-1-2-9-15(13)14/h1-12H,(H,23,25,27). The van der Waals surface area contributed by atoms with Crippen LogP contribution in [0.4, 0.5) is 10.1 Å². The number of rotatable bonds is 2. The van der Waals surface area contributed by atoms with E-state index in [1.165, 1.54) is 24.3 Å². The zero-order chi connectivity index (χ0) is 19.0. The molecule has 3 aromatic rings. The fourth-order valence-corrected chi connectivity index (χ4v) is 3.32. The molecule has 1 aliphatic rings. The van der Waals surface area contributed by atoms with Crippen molar-refractivity contribution in [3.8, 4) is 0 Å². The van der Waals surface area contributed by atoms with Gasteiger partial charge in [-0.1, -0.05) is 54.6 Å². The number of fused-ring (bicyclic) bond motifs is 1. The summed E-state index contributed by atoms with van der Waals surface area (Å²) in [6.07, 6.45) is 1.51. The van der Waals surface area contributed by atoms with Crippen molar-refractivity contribution in [1.29, 1.82) is 0 Å². The summed E-state index contributed by atoms with van der Waals surface area (Å²) in [6.45, 7) is 0. The number of thiocarbonyl (C=S) groups is 1. The lowest BCUT2D eigenvalue weighted by Gasteiger charge is -2.29. The Morgan fingerprint density at radius 3 is 2.44 bits per heavy atom. The zero-order valence-corrected chi connectivity index (χ0v) is 14.8. The fraction of sp³-hybridized carbons (Fsp3) is 0. The number of anilines is 1. The number of carbonyl (C=O) groups is 2. The van der Waals surface area contributed by atoms with E-state index in [1.807, 2.05) is 42.5 Å². The van der Waals surface area contributed by atoms with Crippen LogP contribution in [0.1, 0.15) is 5.56 Å². The smallest absolute Gasteiger partial charge is 0.270 e. The Bertz CT molecular complexity index is 1130. The third-order valence-corrected chi connectivity index (χ3v) is 4.60. The van der Waals surface area contributed by atoms with Crippen LogP contribution in [0.25, 0.3) is 16.8 Å². The van der Waals surface area contributed by atoms with Crippen LogP contribution in [0.2, 0.25) is 0 Å². The maximum atomic E-state index is 14.2. The molecule has 0 spiro atoms. The van der Waals surface area contributed by atoms with Gasteiger partial charge in [0.2, 0.25) is 0 Å². The van der Waals surface area contributed by atoms with Gasteiger partial charge in [0.25, 0.3) is 11.8 Å². The van der Waals surface area contributed by atoms with E-state index < -0.39 is 17.6 Å². The number of hydrogen-bond acceptors (Lipinski definition) is 3. The van der Waals surface area contributed by atoms with E-state index in [9.17, 15) is 14.0 Å². The first kappa shape index (κ1) is 17.1. The average Bonchev–Trinajstić information content (AvgIpc) is 2.66. The number of nitrogens with zero attached hydrogens (tertiary/aromatic N) is 1. The van der Waals surface area contributed by atoms with Crippen molar-refractivity contribution in [1.82, 2.24) is 5.32 Å². The van der Waals surface area contributed by atoms with Crippen LogP contribution in [-0.4, -0.2) is 16.9 Å². The Balaban J connectivity index is 1.83. The average molecular weight is 376 g/mol. The Kier molecular flexibility index (Phi) is 4.25. The van der Waals surface area contributed by atoms with E-state index in [-0.39, 0.29) is 16.4 Å². The highest BCUT2D eigenvalue weighted by molar-refractivity contribution is 7.80. The monoisotopic (exact) mass is 376 g/mol. The molecular weight excluding hydrogens is 363 g/mol. The summed E-state index contributed by atoms with van der Waals surface area (Å²) in [6, 6.07) is 19.0. The molecule has 1 saturated heterocycles. The maximum absolute atomic E-state index is 14.2. The quantitative estimate of drug-likeness (QED) is 0.420. The van der Waals surface area contributed by atoms with Crippen LogP contribution in [0.3, 0.4) is 0 Å². The summed E-state index contributed by atoms with van der Waals surface area (Å²) in [5, 5.41) is 4.20. The van der Waals surface area contributed by atoms with E-state index >= 15 is 0 Å². The molecular formula is C21H13FN2O2S. The lowest BCUT2D eigenvalue weighted by atomic mass is 10.0. The van der Waals surface area contributed by atoms with Gasteiger partial charge in [0, 0.05) is 0 Å². The Morgan fingerprint density at radius 1 is 0.926 bits per heavy atom. The number of hydrogen-bond donors (Lipinski definition) is 1. The number of amides is 2. The number of nitrogens with one attached hydrogen (secondary N) is 1. The van der Waals surface area contributed by atoms with E-state index in [0.29, 0.717) is 5.56 Å². The molecule has 6 heteroatoms. The third kappa shape index (κ3) is 3.00. The van der Waals surface area contributed by atoms with Gasteiger partial charge in [0.1, 0.15) is 11.4 Å². The minimum absolute atomic E-state index is 0.00341. The normalized spacial score (nSPS) is 16.1. The predicted molar refractivity (Wildman–Crippen MR) is 107 cm³/mol. The van der Waals surface area contributed by atoms with Crippen LogP contribution >= 0.6 is 12.2 Å². The Hall–Kier alpha value is -3.38. The summed E-state index contributed by atoms with van der Waals surface area (Å²) in [4.78, 5) is 26.4. The molecule has 0 aromatic heterocycles. The molecule has 0 aliphatic carbocycles. The Morgan fingerprint density at radius 2 is 1.63 bits per heavy atom. The fourth-order valence-electron chi connectivity index (χ4n) is 3.04. The van der Waals surface area contributed by atoms with Gasteiger partial charge in [0.05, 0.1) is 5.69 Å². The highest BCUT2D eigenvalue weighted by atomic mass is 32.1. The highest BCUT2D eigenvalue weighted by Crippen LogP contribution is 2.26. The van der Waals surface area contributed by atoms with Crippen molar-refractivity contribution in [2.75, 3.05) is 4.90 Å². The largest absolute Gasteiger partial charge is 0.298 e. The molecule has 0 bridgehead atoms. The molecule has 4 rings (SSSR count). The van der Waals surface area contributed by atoms with Crippen molar-refractivity contribution in [3.63, 3.8) is 0 Å². The van der Waals surface area contributed by atoms with Gasteiger partial charge < -0.3 is 0 Å². The van der Waals surface area contributed by atoms with Crippen molar-refractivity contribution in [2.45, 2.75) is 0 Å². The van der Waals surface area contributed by atoms with Gasteiger partial charge in [-0.05, 0) is 46.8 Å². The van der Waals surface area contributed by atoms with Gasteiger partial charge in [-0.3, -0.25) is 14.9 Å². The molecule has 0 unspecified atom stereocenters. The molecule has 0 atom stereocenters. The van der Waals surface area contributed by atoms with Crippen molar-refractivity contribution < 1.29 is 14.0 Å². The second-order valence-electron chi connectivity index (χ2n) is 5.98. The van der Waals surface area contributed by atoms with Crippen molar-refractivity contribution >= 4 is 51.7 Å². The number of halogens is 1. The molecule has 2 amide bonds. The lowest BCUT2D eigenvalue weighted by molar-refractivity contribution is -0.122. The van der Waals surface area contributed by atoms with E-state index in [4.69, 9.17) is 12.2 Å². The molecule has 1 N–H and O–H groups in total. The van der Waals surface area contributed by atoms with Crippen LogP contribution < -0.4 is 10.2 Å². The van der Waals surface area contributed by atoms with Gasteiger partial charge >= 0.3 is 0 Å². The summed E-state index contributed by atoms with van der Waals surface area (Å²) in [5.41, 5.74) is 0.604. The number of benzene rings is 3. The molecule has 1 aliphatic heterocycles. The molecule has 0 saturated carbocycles. The van der Waals surface area contributed by atoms with Crippen LogP contribution in [0, 0.1) is 5.82 Å². The third-order valence-electron chi connectivity index (χ3n) is 4.32. The van der Waals surface area contributed by atoms with Crippen molar-refractivity contribution in [2.24, 2.45) is 0 Å². The Labute approximate surface area is 159 Å². The van der Waals surface area contributed by atoms with Gasteiger partial charge in [0.15, 0.2) is 5.11 Å². The van der Waals surface area contributed by atoms with E-state index in [1.54, 1.807) is 6.07 Å². The second kappa shape index (κ2) is 6.74. The van der Waals surface area contributed by atoms with Crippen LogP contribution in [0.5, 0.6) is 0 Å². The van der Waals surface area contributed by atoms with E-state index in [2.05, 4.69) is 5.32 Å². The molecule has 1 fully saturated rings. The predicted octanol–water partition coefficient (Wildman–Crippen LogP) is 3.81. The van der Waals surface area contributed by atoms with E-state index in [0.717, 1.165) is 15.7 Å². The van der Waals surface area contributed by atoms with Crippen molar-refractivity contribution in [3.05, 3.63) is 83.7 Å². The summed E-state index contributed by atoms with van der Waals surface area (Å²) in [5.74, 6) is -1.87. The summed E-state index contributed by atoms with van der Waals surface area (Å²) in [7, 11) is 0. The second-order valence-corrected chi connectivity index (χ2v) is 6.36. The summed E-state index contributed by atoms with van der Waals surface area (Å²) < 4.78 is 14.2. The van der Waals surface area contributed by atoms with Crippen LogP contribution in [-0.2, 0) is 9.59 Å². The summed E-state index contributed by atoms with van der Waals surface area (Å²) >= 11 is 5.10. The molecule has 0 radical (unpaired) electrons. The highest BCUT2D eigenvalue weighted by Gasteiger charge is 2.35. The van der Waals surface area contributed by atoms with Gasteiger partial charge in [-0.25, -0.2) is 9.29 Å². The molecule has 27 heavy (non-hydrogen) atoms. The molecule has 1 heterocycles. The SMILES string of the molecule is O=C1NC(=S)N(c2ccccc2F)C(=O)C1=Cc1cccc2ccccc12. The molecule has 4 nitrogen and oxygen atoms in total.